The minimum atomic E-state index is -0.703. The highest BCUT2D eigenvalue weighted by Gasteiger charge is 2.46. The number of aromatic nitrogens is 1. The maximum atomic E-state index is 13.2. The van der Waals surface area contributed by atoms with Crippen LogP contribution in [0.1, 0.15) is 68.3 Å². The van der Waals surface area contributed by atoms with Gasteiger partial charge in [0.1, 0.15) is 11.5 Å². The van der Waals surface area contributed by atoms with Gasteiger partial charge in [0.25, 0.3) is 11.7 Å². The van der Waals surface area contributed by atoms with Gasteiger partial charge in [0.05, 0.1) is 24.8 Å². The van der Waals surface area contributed by atoms with Crippen LogP contribution in [-0.4, -0.2) is 53.0 Å². The molecular weight excluding hydrogens is 432 g/mol. The summed E-state index contributed by atoms with van der Waals surface area (Å²) in [6.45, 7) is 10.6. The van der Waals surface area contributed by atoms with E-state index in [2.05, 4.69) is 4.98 Å². The molecule has 0 radical (unpaired) electrons. The maximum absolute atomic E-state index is 13.2. The molecule has 1 saturated heterocycles. The third kappa shape index (κ3) is 5.14. The Balaban J connectivity index is 2.11. The fourth-order valence-electron chi connectivity index (χ4n) is 4.28. The van der Waals surface area contributed by atoms with Gasteiger partial charge >= 0.3 is 0 Å². The summed E-state index contributed by atoms with van der Waals surface area (Å²) in [5.41, 5.74) is 2.99. The largest absolute Gasteiger partial charge is 0.507 e. The lowest BCUT2D eigenvalue weighted by atomic mass is 9.91. The van der Waals surface area contributed by atoms with Crippen molar-refractivity contribution in [1.29, 1.82) is 0 Å². The van der Waals surface area contributed by atoms with Gasteiger partial charge in [0.2, 0.25) is 0 Å². The number of carbonyl (C=O) groups excluding carboxylic acids is 2. The van der Waals surface area contributed by atoms with E-state index in [1.54, 1.807) is 31.6 Å². The fourth-order valence-corrected chi connectivity index (χ4v) is 4.28. The van der Waals surface area contributed by atoms with E-state index in [0.29, 0.717) is 25.1 Å². The van der Waals surface area contributed by atoms with E-state index < -0.39 is 17.7 Å². The van der Waals surface area contributed by atoms with Crippen molar-refractivity contribution in [3.63, 3.8) is 0 Å². The molecule has 3 rings (SSSR count). The third-order valence-electron chi connectivity index (χ3n) is 6.01. The second-order valence-electron chi connectivity index (χ2n) is 9.11. The van der Waals surface area contributed by atoms with Crippen molar-refractivity contribution >= 4 is 17.4 Å². The van der Waals surface area contributed by atoms with Crippen molar-refractivity contribution in [3.05, 3.63) is 64.5 Å². The van der Waals surface area contributed by atoms with Gasteiger partial charge < -0.3 is 19.5 Å². The second kappa shape index (κ2) is 10.8. The Hall–Kier alpha value is -3.19. The van der Waals surface area contributed by atoms with Gasteiger partial charge in [-0.1, -0.05) is 13.8 Å². The number of ether oxygens (including phenoxy) is 2. The van der Waals surface area contributed by atoms with E-state index in [4.69, 9.17) is 9.47 Å². The number of carbonyl (C=O) groups is 2. The zero-order chi connectivity index (χ0) is 25.0. The summed E-state index contributed by atoms with van der Waals surface area (Å²) in [5.74, 6) is -0.626. The number of nitrogens with zero attached hydrogens (tertiary/aromatic N) is 2. The summed E-state index contributed by atoms with van der Waals surface area (Å²) >= 11 is 0. The van der Waals surface area contributed by atoms with E-state index in [1.807, 2.05) is 46.8 Å². The van der Waals surface area contributed by atoms with Crippen molar-refractivity contribution in [2.75, 3.05) is 20.3 Å². The minimum Gasteiger partial charge on any atom is -0.507 e. The van der Waals surface area contributed by atoms with E-state index in [9.17, 15) is 14.7 Å². The first-order chi connectivity index (χ1) is 16.2. The number of ketones is 1. The second-order valence-corrected chi connectivity index (χ2v) is 9.11. The zero-order valence-electron chi connectivity index (χ0n) is 20.8. The molecule has 0 bridgehead atoms. The summed E-state index contributed by atoms with van der Waals surface area (Å²) in [6.07, 6.45) is 3.89. The van der Waals surface area contributed by atoms with E-state index >= 15 is 0 Å². The summed E-state index contributed by atoms with van der Waals surface area (Å²) in [4.78, 5) is 31.9. The number of aryl methyl sites for hydroxylation is 1. The summed E-state index contributed by atoms with van der Waals surface area (Å²) in [6, 6.07) is 6.53. The van der Waals surface area contributed by atoms with Crippen LogP contribution in [-0.2, 0) is 14.3 Å². The number of likely N-dealkylation sites (tertiary alicyclic amines) is 1. The van der Waals surface area contributed by atoms with Crippen LogP contribution in [0, 0.1) is 6.92 Å². The Morgan fingerprint density at radius 3 is 2.41 bits per heavy atom. The molecule has 182 valence electrons. The van der Waals surface area contributed by atoms with Crippen molar-refractivity contribution < 1.29 is 24.2 Å². The lowest BCUT2D eigenvalue weighted by Crippen LogP contribution is -2.31. The molecule has 2 heterocycles. The molecule has 1 aliphatic heterocycles. The molecule has 2 aromatic rings. The average molecular weight is 467 g/mol. The molecule has 1 atom stereocenters. The van der Waals surface area contributed by atoms with Crippen LogP contribution in [0.15, 0.2) is 42.2 Å². The molecule has 34 heavy (non-hydrogen) atoms. The van der Waals surface area contributed by atoms with Crippen molar-refractivity contribution in [1.82, 2.24) is 9.88 Å². The number of aliphatic hydroxyl groups is 1. The van der Waals surface area contributed by atoms with Crippen LogP contribution in [0.5, 0.6) is 5.75 Å². The third-order valence-corrected chi connectivity index (χ3v) is 6.01. The highest BCUT2D eigenvalue weighted by molar-refractivity contribution is 6.46. The molecule has 7 nitrogen and oxygen atoms in total. The Morgan fingerprint density at radius 2 is 1.82 bits per heavy atom. The van der Waals surface area contributed by atoms with Crippen LogP contribution in [0.2, 0.25) is 0 Å². The molecular formula is C27H34N2O5. The average Bonchev–Trinajstić information content (AvgIpc) is 3.06. The zero-order valence-corrected chi connectivity index (χ0v) is 20.8. The lowest BCUT2D eigenvalue weighted by Gasteiger charge is -2.25. The number of rotatable bonds is 9. The number of hydrogen-bond donors (Lipinski definition) is 1. The smallest absolute Gasteiger partial charge is 0.295 e. The molecule has 1 aliphatic rings. The summed E-state index contributed by atoms with van der Waals surface area (Å²) in [7, 11) is 1.61. The first-order valence-corrected chi connectivity index (χ1v) is 11.7. The van der Waals surface area contributed by atoms with Crippen LogP contribution < -0.4 is 4.74 Å². The normalized spacial score (nSPS) is 17.8. The summed E-state index contributed by atoms with van der Waals surface area (Å²) in [5, 5.41) is 11.5. The Bertz CT molecular complexity index is 1080. The number of hydrogen-bond acceptors (Lipinski definition) is 6. The monoisotopic (exact) mass is 466 g/mol. The maximum Gasteiger partial charge on any atom is 0.295 e. The van der Waals surface area contributed by atoms with Crippen molar-refractivity contribution in [2.45, 2.75) is 59.1 Å². The highest BCUT2D eigenvalue weighted by Crippen LogP contribution is 2.41. The molecule has 1 unspecified atom stereocenters. The molecule has 1 fully saturated rings. The highest BCUT2D eigenvalue weighted by atomic mass is 16.5. The molecule has 0 saturated carbocycles. The quantitative estimate of drug-likeness (QED) is 0.248. The van der Waals surface area contributed by atoms with Gasteiger partial charge in [-0.15, -0.1) is 0 Å². The number of benzene rings is 1. The van der Waals surface area contributed by atoms with Gasteiger partial charge in [0.15, 0.2) is 0 Å². The van der Waals surface area contributed by atoms with Gasteiger partial charge in [-0.25, -0.2) is 0 Å². The Labute approximate surface area is 201 Å². The lowest BCUT2D eigenvalue weighted by molar-refractivity contribution is -0.140. The van der Waals surface area contributed by atoms with Crippen LogP contribution in [0.3, 0.4) is 0 Å². The Kier molecular flexibility index (Phi) is 8.10. The van der Waals surface area contributed by atoms with Gasteiger partial charge in [-0.05, 0) is 74.1 Å². The number of amides is 1. The van der Waals surface area contributed by atoms with E-state index in [1.165, 1.54) is 4.90 Å². The Morgan fingerprint density at radius 1 is 1.15 bits per heavy atom. The number of Topliss-reactive ketones (excluding diaryl/α,β-unsaturated/α-hetero) is 1. The number of methoxy groups -OCH3 is 1. The standard InChI is InChI=1S/C27H34N2O5/c1-16(2)20-15-21(18(5)14-22(20)33-6)25(30)23-24(19-8-10-28-11-9-19)29(27(32)26(23)31)12-7-13-34-17(3)4/h8-11,14-17,24,30H,7,12-13H2,1-6H3/b25-23+. The molecule has 0 aliphatic carbocycles. The molecule has 7 heteroatoms. The van der Waals surface area contributed by atoms with Gasteiger partial charge in [-0.2, -0.15) is 0 Å². The predicted molar refractivity (Wildman–Crippen MR) is 131 cm³/mol. The topological polar surface area (TPSA) is 89.0 Å². The van der Waals surface area contributed by atoms with Gasteiger partial charge in [0, 0.05) is 31.1 Å². The van der Waals surface area contributed by atoms with Crippen molar-refractivity contribution in [2.24, 2.45) is 0 Å². The number of aliphatic hydroxyl groups excluding tert-OH is 1. The molecule has 1 N–H and O–H groups in total. The molecule has 0 spiro atoms. The SMILES string of the molecule is COc1cc(C)c(/C(O)=C2\C(=O)C(=O)N(CCCOC(C)C)C2c2ccncc2)cc1C(C)C. The van der Waals surface area contributed by atoms with Crippen LogP contribution >= 0.6 is 0 Å². The van der Waals surface area contributed by atoms with Crippen LogP contribution in [0.4, 0.5) is 0 Å². The van der Waals surface area contributed by atoms with Crippen molar-refractivity contribution in [3.8, 4) is 5.75 Å². The molecule has 1 amide bonds. The van der Waals surface area contributed by atoms with Gasteiger partial charge in [-0.3, -0.25) is 14.6 Å². The first-order valence-electron chi connectivity index (χ1n) is 11.7. The first kappa shape index (κ1) is 25.4. The molecule has 1 aromatic heterocycles. The van der Waals surface area contributed by atoms with E-state index in [-0.39, 0.29) is 23.4 Å². The molecule has 1 aromatic carbocycles. The predicted octanol–water partition coefficient (Wildman–Crippen LogP) is 4.76. The summed E-state index contributed by atoms with van der Waals surface area (Å²) < 4.78 is 11.1. The van der Waals surface area contributed by atoms with Crippen LogP contribution in [0.25, 0.3) is 5.76 Å². The fraction of sp³-hybridized carbons (Fsp3) is 0.444. The van der Waals surface area contributed by atoms with E-state index in [0.717, 1.165) is 22.4 Å². The minimum absolute atomic E-state index is 0.0830. The number of pyridine rings is 1.